The van der Waals surface area contributed by atoms with E-state index in [1.54, 1.807) is 11.3 Å². The summed E-state index contributed by atoms with van der Waals surface area (Å²) in [6.07, 6.45) is 1.20. The first-order valence-electron chi connectivity index (χ1n) is 4.19. The Morgan fingerprint density at radius 2 is 2.33 bits per heavy atom. The number of nitrogens with one attached hydrogen (secondary N) is 1. The highest BCUT2D eigenvalue weighted by Crippen LogP contribution is 2.23. The summed E-state index contributed by atoms with van der Waals surface area (Å²) in [5, 5.41) is 5.01. The van der Waals surface area contributed by atoms with Gasteiger partial charge in [-0.15, -0.1) is 11.3 Å². The van der Waals surface area contributed by atoms with Gasteiger partial charge in [0.25, 0.3) is 0 Å². The van der Waals surface area contributed by atoms with Crippen LogP contribution in [0.2, 0.25) is 0 Å². The summed E-state index contributed by atoms with van der Waals surface area (Å²) in [4.78, 5) is 8.42. The fourth-order valence-electron chi connectivity index (χ4n) is 1.05. The van der Waals surface area contributed by atoms with Crippen molar-refractivity contribution in [1.82, 2.24) is 9.97 Å². The second-order valence-corrected chi connectivity index (χ2v) is 4.63. The average Bonchev–Trinajstić information content (AvgIpc) is 2.61. The summed E-state index contributed by atoms with van der Waals surface area (Å²) in [6.45, 7) is 0.620. The topological polar surface area (TPSA) is 37.8 Å². The van der Waals surface area contributed by atoms with Crippen molar-refractivity contribution in [3.63, 3.8) is 0 Å². The van der Waals surface area contributed by atoms with E-state index in [-0.39, 0.29) is 0 Å². The third kappa shape index (κ3) is 2.73. The zero-order valence-corrected chi connectivity index (χ0v) is 9.98. The molecular weight excluding hydrogens is 281 g/mol. The van der Waals surface area contributed by atoms with Crippen molar-refractivity contribution in [1.29, 1.82) is 0 Å². The molecule has 0 unspecified atom stereocenters. The van der Waals surface area contributed by atoms with Crippen LogP contribution in [-0.4, -0.2) is 9.97 Å². The van der Waals surface area contributed by atoms with Gasteiger partial charge in [-0.05, 0) is 27.4 Å². The largest absolute Gasteiger partial charge is 0.365 e. The lowest BCUT2D eigenvalue weighted by molar-refractivity contribution is 0.580. The Hall–Kier alpha value is -1.01. The number of rotatable bonds is 3. The van der Waals surface area contributed by atoms with Crippen molar-refractivity contribution in [2.45, 2.75) is 6.54 Å². The maximum atomic E-state index is 12.7. The van der Waals surface area contributed by atoms with Crippen molar-refractivity contribution < 1.29 is 4.39 Å². The average molecular weight is 288 g/mol. The van der Waals surface area contributed by atoms with E-state index in [0.717, 1.165) is 9.35 Å². The van der Waals surface area contributed by atoms with Gasteiger partial charge in [0.05, 0.1) is 6.54 Å². The van der Waals surface area contributed by atoms with Crippen LogP contribution in [0.3, 0.4) is 0 Å². The van der Waals surface area contributed by atoms with Gasteiger partial charge in [0.15, 0.2) is 0 Å². The zero-order valence-electron chi connectivity index (χ0n) is 7.58. The van der Waals surface area contributed by atoms with Crippen LogP contribution in [0.4, 0.5) is 10.2 Å². The van der Waals surface area contributed by atoms with Crippen LogP contribution < -0.4 is 5.32 Å². The first-order chi connectivity index (χ1) is 7.25. The normalized spacial score (nSPS) is 10.3. The number of anilines is 1. The molecule has 0 radical (unpaired) electrons. The lowest BCUT2D eigenvalue weighted by Gasteiger charge is -2.03. The van der Waals surface area contributed by atoms with Gasteiger partial charge in [-0.1, -0.05) is 0 Å². The van der Waals surface area contributed by atoms with Gasteiger partial charge in [-0.25, -0.2) is 9.97 Å². The lowest BCUT2D eigenvalue weighted by atomic mass is 10.4. The standard InChI is InChI=1S/C9H7BrFN3S/c10-6-1-2-15-7(6)4-12-9-3-8(11)13-5-14-9/h1-3,5H,4H2,(H,12,13,14). The summed E-state index contributed by atoms with van der Waals surface area (Å²) in [7, 11) is 0. The summed E-state index contributed by atoms with van der Waals surface area (Å²) < 4.78 is 13.8. The van der Waals surface area contributed by atoms with Gasteiger partial charge in [0.2, 0.25) is 5.95 Å². The highest BCUT2D eigenvalue weighted by Gasteiger charge is 2.02. The summed E-state index contributed by atoms with van der Waals surface area (Å²) in [5.41, 5.74) is 0. The molecule has 1 N–H and O–H groups in total. The van der Waals surface area contributed by atoms with E-state index < -0.39 is 5.95 Å². The summed E-state index contributed by atoms with van der Waals surface area (Å²) in [5.74, 6) is -0.0412. The quantitative estimate of drug-likeness (QED) is 0.882. The molecule has 0 saturated carbocycles. The van der Waals surface area contributed by atoms with Crippen LogP contribution in [0.5, 0.6) is 0 Å². The van der Waals surface area contributed by atoms with Crippen molar-refractivity contribution in [3.8, 4) is 0 Å². The molecule has 0 spiro atoms. The van der Waals surface area contributed by atoms with E-state index in [9.17, 15) is 4.39 Å². The molecule has 3 nitrogen and oxygen atoms in total. The van der Waals surface area contributed by atoms with Crippen molar-refractivity contribution in [2.24, 2.45) is 0 Å². The molecule has 2 rings (SSSR count). The molecule has 0 amide bonds. The highest BCUT2D eigenvalue weighted by atomic mass is 79.9. The molecule has 2 aromatic rings. The van der Waals surface area contributed by atoms with Gasteiger partial charge in [-0.3, -0.25) is 0 Å². The summed E-state index contributed by atoms with van der Waals surface area (Å²) >= 11 is 5.04. The van der Waals surface area contributed by atoms with Crippen LogP contribution in [0.25, 0.3) is 0 Å². The monoisotopic (exact) mass is 287 g/mol. The summed E-state index contributed by atoms with van der Waals surface area (Å²) in [6, 6.07) is 3.24. The number of thiophene rings is 1. The third-order valence-electron chi connectivity index (χ3n) is 1.75. The Kier molecular flexibility index (Phi) is 3.27. The Morgan fingerprint density at radius 3 is 3.00 bits per heavy atom. The molecule has 0 aliphatic carbocycles. The smallest absolute Gasteiger partial charge is 0.217 e. The van der Waals surface area contributed by atoms with Crippen LogP contribution in [-0.2, 0) is 6.54 Å². The fourth-order valence-corrected chi connectivity index (χ4v) is 2.48. The van der Waals surface area contributed by atoms with Crippen molar-refractivity contribution in [2.75, 3.05) is 5.32 Å². The second-order valence-electron chi connectivity index (χ2n) is 2.77. The first kappa shape index (κ1) is 10.5. The van der Waals surface area contributed by atoms with E-state index in [4.69, 9.17) is 0 Å². The minimum Gasteiger partial charge on any atom is -0.365 e. The van der Waals surface area contributed by atoms with Crippen LogP contribution >= 0.6 is 27.3 Å². The van der Waals surface area contributed by atoms with E-state index in [2.05, 4.69) is 31.2 Å². The molecule has 0 fully saturated rings. The Labute approximate surface area is 98.5 Å². The second kappa shape index (κ2) is 4.67. The molecule has 2 aromatic heterocycles. The Morgan fingerprint density at radius 1 is 1.47 bits per heavy atom. The maximum Gasteiger partial charge on any atom is 0.217 e. The van der Waals surface area contributed by atoms with Gasteiger partial charge < -0.3 is 5.32 Å². The van der Waals surface area contributed by atoms with E-state index in [0.29, 0.717) is 12.4 Å². The predicted molar refractivity (Wildman–Crippen MR) is 61.3 cm³/mol. The molecule has 0 aromatic carbocycles. The number of hydrogen-bond donors (Lipinski definition) is 1. The first-order valence-corrected chi connectivity index (χ1v) is 5.86. The van der Waals surface area contributed by atoms with Crippen LogP contribution in [0.1, 0.15) is 4.88 Å². The SMILES string of the molecule is Fc1cc(NCc2sccc2Br)ncn1. The molecule has 6 heteroatoms. The number of hydrogen-bond acceptors (Lipinski definition) is 4. The van der Waals surface area contributed by atoms with Gasteiger partial charge >= 0.3 is 0 Å². The molecule has 0 bridgehead atoms. The predicted octanol–water partition coefficient (Wildman–Crippen LogP) is 3.05. The van der Waals surface area contributed by atoms with Crippen molar-refractivity contribution >= 4 is 33.1 Å². The van der Waals surface area contributed by atoms with E-state index in [1.165, 1.54) is 12.4 Å². The van der Waals surface area contributed by atoms with Gasteiger partial charge in [-0.2, -0.15) is 4.39 Å². The van der Waals surface area contributed by atoms with Gasteiger partial charge in [0, 0.05) is 15.4 Å². The zero-order chi connectivity index (χ0) is 10.7. The fraction of sp³-hybridized carbons (Fsp3) is 0.111. The van der Waals surface area contributed by atoms with Crippen LogP contribution in [0, 0.1) is 5.95 Å². The van der Waals surface area contributed by atoms with E-state index in [1.807, 2.05) is 11.4 Å². The van der Waals surface area contributed by atoms with E-state index >= 15 is 0 Å². The molecular formula is C9H7BrFN3S. The molecule has 78 valence electrons. The lowest BCUT2D eigenvalue weighted by Crippen LogP contribution is -2.01. The van der Waals surface area contributed by atoms with Crippen molar-refractivity contribution in [3.05, 3.63) is 39.1 Å². The third-order valence-corrected chi connectivity index (χ3v) is 3.68. The molecule has 0 aliphatic rings. The molecule has 0 saturated heterocycles. The minimum atomic E-state index is -0.530. The van der Waals surface area contributed by atoms with Gasteiger partial charge in [0.1, 0.15) is 12.1 Å². The number of aromatic nitrogens is 2. The minimum absolute atomic E-state index is 0.489. The number of halogens is 2. The highest BCUT2D eigenvalue weighted by molar-refractivity contribution is 9.10. The maximum absolute atomic E-state index is 12.7. The number of nitrogens with zero attached hydrogens (tertiary/aromatic N) is 2. The molecule has 0 aliphatic heterocycles. The molecule has 0 atom stereocenters. The molecule has 15 heavy (non-hydrogen) atoms. The Balaban J connectivity index is 2.02. The molecule has 2 heterocycles. The van der Waals surface area contributed by atoms with Crippen LogP contribution in [0.15, 0.2) is 28.3 Å². The Bertz CT molecular complexity index is 460.